The van der Waals surface area contributed by atoms with Crippen molar-refractivity contribution in [2.24, 2.45) is 0 Å². The first kappa shape index (κ1) is 17.1. The number of thiophene rings is 1. The van der Waals surface area contributed by atoms with Gasteiger partial charge in [-0.1, -0.05) is 12.1 Å². The van der Waals surface area contributed by atoms with Crippen molar-refractivity contribution in [2.45, 2.75) is 25.7 Å². The number of hydrogen-bond donors (Lipinski definition) is 1. The van der Waals surface area contributed by atoms with Crippen LogP contribution in [0.5, 0.6) is 11.5 Å². The molecule has 2 aliphatic rings. The van der Waals surface area contributed by atoms with Gasteiger partial charge in [0.25, 0.3) is 5.91 Å². The van der Waals surface area contributed by atoms with Gasteiger partial charge in [0.05, 0.1) is 5.56 Å². The van der Waals surface area contributed by atoms with Gasteiger partial charge in [-0.05, 0) is 43.4 Å². The molecule has 1 aromatic carbocycles. The minimum absolute atomic E-state index is 0.0610. The van der Waals surface area contributed by atoms with Crippen LogP contribution in [0.1, 0.15) is 34.4 Å². The summed E-state index contributed by atoms with van der Waals surface area (Å²) in [5.41, 5.74) is 2.10. The van der Waals surface area contributed by atoms with Crippen LogP contribution in [0.15, 0.2) is 23.8 Å². The Hall–Kier alpha value is -3.29. The van der Waals surface area contributed by atoms with Crippen molar-refractivity contribution < 1.29 is 14.3 Å². The lowest BCUT2D eigenvalue weighted by Crippen LogP contribution is -2.13. The Morgan fingerprint density at radius 3 is 2.89 bits per heavy atom. The number of anilines is 1. The van der Waals surface area contributed by atoms with E-state index in [-0.39, 0.29) is 12.4 Å². The molecule has 4 rings (SSSR count). The molecule has 0 atom stereocenters. The molecule has 0 saturated carbocycles. The van der Waals surface area contributed by atoms with E-state index in [2.05, 4.69) is 11.4 Å². The number of aryl methyl sites for hydroxylation is 1. The summed E-state index contributed by atoms with van der Waals surface area (Å²) in [4.78, 5) is 13.8. The maximum absolute atomic E-state index is 12.7. The van der Waals surface area contributed by atoms with Crippen molar-refractivity contribution in [1.29, 1.82) is 10.5 Å². The van der Waals surface area contributed by atoms with Gasteiger partial charge in [-0.25, -0.2) is 0 Å². The van der Waals surface area contributed by atoms with E-state index in [1.807, 2.05) is 6.07 Å². The van der Waals surface area contributed by atoms with E-state index < -0.39 is 5.91 Å². The Balaban J connectivity index is 1.63. The van der Waals surface area contributed by atoms with Crippen LogP contribution in [-0.4, -0.2) is 12.7 Å². The third-order valence-electron chi connectivity index (χ3n) is 4.60. The van der Waals surface area contributed by atoms with Crippen LogP contribution >= 0.6 is 11.3 Å². The second-order valence-electron chi connectivity index (χ2n) is 6.23. The summed E-state index contributed by atoms with van der Waals surface area (Å²) in [5.74, 6) is 0.561. The number of hydrogen-bond acceptors (Lipinski definition) is 6. The van der Waals surface area contributed by atoms with Crippen molar-refractivity contribution in [3.63, 3.8) is 0 Å². The van der Waals surface area contributed by atoms with Crippen molar-refractivity contribution in [3.05, 3.63) is 45.3 Å². The Morgan fingerprint density at radius 2 is 2.07 bits per heavy atom. The number of amides is 1. The third-order valence-corrected chi connectivity index (χ3v) is 5.81. The number of nitriles is 2. The lowest BCUT2D eigenvalue weighted by atomic mass is 9.96. The Morgan fingerprint density at radius 1 is 1.22 bits per heavy atom. The van der Waals surface area contributed by atoms with Crippen LogP contribution in [0.3, 0.4) is 0 Å². The molecule has 0 fully saturated rings. The van der Waals surface area contributed by atoms with Gasteiger partial charge in [-0.15, -0.1) is 11.3 Å². The van der Waals surface area contributed by atoms with E-state index in [4.69, 9.17) is 9.47 Å². The predicted molar refractivity (Wildman–Crippen MR) is 100 cm³/mol. The SMILES string of the molecule is N#C/C(=C\c1cccc2c1OCO2)C(=O)Nc1sc2c(c1C#N)CCCC2. The predicted octanol–water partition coefficient (Wildman–Crippen LogP) is 3.77. The summed E-state index contributed by atoms with van der Waals surface area (Å²) in [6, 6.07) is 9.43. The zero-order chi connectivity index (χ0) is 18.8. The highest BCUT2D eigenvalue weighted by atomic mass is 32.1. The van der Waals surface area contributed by atoms with E-state index in [0.29, 0.717) is 27.6 Å². The van der Waals surface area contributed by atoms with Gasteiger partial charge in [0.2, 0.25) is 6.79 Å². The fourth-order valence-electron chi connectivity index (χ4n) is 3.31. The number of ether oxygens (including phenoxy) is 2. The molecule has 134 valence electrons. The largest absolute Gasteiger partial charge is 0.454 e. The summed E-state index contributed by atoms with van der Waals surface area (Å²) in [6.45, 7) is 0.112. The topological polar surface area (TPSA) is 95.1 Å². The zero-order valence-corrected chi connectivity index (χ0v) is 15.2. The first-order chi connectivity index (χ1) is 13.2. The number of carbonyl (C=O) groups is 1. The van der Waals surface area contributed by atoms with Crippen LogP contribution in [0, 0.1) is 22.7 Å². The van der Waals surface area contributed by atoms with Gasteiger partial charge in [-0.2, -0.15) is 10.5 Å². The van der Waals surface area contributed by atoms with Crippen molar-refractivity contribution in [1.82, 2.24) is 0 Å². The van der Waals surface area contributed by atoms with Crippen LogP contribution in [0.4, 0.5) is 5.00 Å². The fourth-order valence-corrected chi connectivity index (χ4v) is 4.55. The third kappa shape index (κ3) is 3.14. The summed E-state index contributed by atoms with van der Waals surface area (Å²) in [5, 5.41) is 22.2. The highest BCUT2D eigenvalue weighted by Crippen LogP contribution is 2.38. The molecular weight excluding hydrogens is 362 g/mol. The number of nitrogens with one attached hydrogen (secondary N) is 1. The molecule has 2 aromatic rings. The van der Waals surface area contributed by atoms with Gasteiger partial charge < -0.3 is 14.8 Å². The molecule has 7 heteroatoms. The van der Waals surface area contributed by atoms with Gasteiger partial charge in [-0.3, -0.25) is 4.79 Å². The molecule has 1 aromatic heterocycles. The Labute approximate surface area is 160 Å². The maximum Gasteiger partial charge on any atom is 0.266 e. The molecule has 1 amide bonds. The molecule has 0 radical (unpaired) electrons. The molecule has 0 spiro atoms. The van der Waals surface area contributed by atoms with Crippen LogP contribution in [0.2, 0.25) is 0 Å². The van der Waals surface area contributed by atoms with Crippen molar-refractivity contribution in [3.8, 4) is 23.6 Å². The van der Waals surface area contributed by atoms with Gasteiger partial charge in [0, 0.05) is 10.4 Å². The van der Waals surface area contributed by atoms with Crippen molar-refractivity contribution in [2.75, 3.05) is 12.1 Å². The van der Waals surface area contributed by atoms with Crippen molar-refractivity contribution >= 4 is 28.3 Å². The monoisotopic (exact) mass is 377 g/mol. The minimum Gasteiger partial charge on any atom is -0.454 e. The van der Waals surface area contributed by atoms with Gasteiger partial charge in [0.15, 0.2) is 11.5 Å². The van der Waals surface area contributed by atoms with Crippen LogP contribution in [-0.2, 0) is 17.6 Å². The molecule has 0 bridgehead atoms. The second-order valence-corrected chi connectivity index (χ2v) is 7.34. The van der Waals surface area contributed by atoms with Crippen LogP contribution < -0.4 is 14.8 Å². The summed E-state index contributed by atoms with van der Waals surface area (Å²) >= 11 is 1.43. The van der Waals surface area contributed by atoms with E-state index in [1.54, 1.807) is 18.2 Å². The first-order valence-corrected chi connectivity index (χ1v) is 9.39. The minimum atomic E-state index is -0.538. The zero-order valence-electron chi connectivity index (χ0n) is 14.4. The number of benzene rings is 1. The second kappa shape index (κ2) is 7.14. The number of fused-ring (bicyclic) bond motifs is 2. The maximum atomic E-state index is 12.7. The molecule has 27 heavy (non-hydrogen) atoms. The molecular formula is C20H15N3O3S. The molecule has 1 aliphatic heterocycles. The number of para-hydroxylation sites is 1. The normalized spacial score (nSPS) is 14.8. The van der Waals surface area contributed by atoms with E-state index >= 15 is 0 Å². The molecule has 1 N–H and O–H groups in total. The average Bonchev–Trinajstić information content (AvgIpc) is 3.30. The lowest BCUT2D eigenvalue weighted by Gasteiger charge is -2.09. The van der Waals surface area contributed by atoms with E-state index in [0.717, 1.165) is 36.1 Å². The lowest BCUT2D eigenvalue weighted by molar-refractivity contribution is -0.112. The molecule has 2 heterocycles. The van der Waals surface area contributed by atoms with Gasteiger partial charge >= 0.3 is 0 Å². The smallest absolute Gasteiger partial charge is 0.266 e. The molecule has 6 nitrogen and oxygen atoms in total. The summed E-state index contributed by atoms with van der Waals surface area (Å²) < 4.78 is 10.7. The highest BCUT2D eigenvalue weighted by Gasteiger charge is 2.23. The van der Waals surface area contributed by atoms with E-state index in [1.165, 1.54) is 17.4 Å². The average molecular weight is 377 g/mol. The molecule has 0 saturated heterocycles. The number of carbonyl (C=O) groups excluding carboxylic acids is 1. The first-order valence-electron chi connectivity index (χ1n) is 8.57. The standard InChI is InChI=1S/C20H15N3O3S/c21-9-13(8-12-4-3-6-16-18(12)26-11-25-16)19(24)23-20-15(10-22)14-5-1-2-7-17(14)27-20/h3-4,6,8H,1-2,5,7,11H2,(H,23,24)/b13-8+. The number of nitrogens with zero attached hydrogens (tertiary/aromatic N) is 2. The molecule has 0 unspecified atom stereocenters. The Bertz CT molecular complexity index is 1040. The quantitative estimate of drug-likeness (QED) is 0.649. The summed E-state index contributed by atoms with van der Waals surface area (Å²) in [6.07, 6.45) is 5.41. The van der Waals surface area contributed by atoms with Crippen LogP contribution in [0.25, 0.3) is 6.08 Å². The van der Waals surface area contributed by atoms with Gasteiger partial charge in [0.1, 0.15) is 22.7 Å². The fraction of sp³-hybridized carbons (Fsp3) is 0.250. The Kier molecular flexibility index (Phi) is 4.53. The summed E-state index contributed by atoms with van der Waals surface area (Å²) in [7, 11) is 0. The number of rotatable bonds is 3. The highest BCUT2D eigenvalue weighted by molar-refractivity contribution is 7.16. The molecule has 1 aliphatic carbocycles. The van der Waals surface area contributed by atoms with E-state index in [9.17, 15) is 15.3 Å².